The van der Waals surface area contributed by atoms with Crippen molar-refractivity contribution in [3.8, 4) is 0 Å². The van der Waals surface area contributed by atoms with Crippen molar-refractivity contribution in [2.24, 2.45) is 11.3 Å². The van der Waals surface area contributed by atoms with Gasteiger partial charge in [0, 0.05) is 5.41 Å². The summed E-state index contributed by atoms with van der Waals surface area (Å²) in [5.74, 6) is 0.919. The number of hydrogen-bond acceptors (Lipinski definition) is 2. The molecule has 0 radical (unpaired) electrons. The van der Waals surface area contributed by atoms with Gasteiger partial charge in [-0.1, -0.05) is 6.92 Å². The molecule has 1 saturated carbocycles. The smallest absolute Gasteiger partial charge is 0.0894 e. The number of epoxide rings is 2. The lowest BCUT2D eigenvalue weighted by atomic mass is 9.74. The van der Waals surface area contributed by atoms with Crippen molar-refractivity contribution in [1.29, 1.82) is 0 Å². The van der Waals surface area contributed by atoms with E-state index in [1.54, 1.807) is 0 Å². The van der Waals surface area contributed by atoms with Crippen LogP contribution < -0.4 is 0 Å². The van der Waals surface area contributed by atoms with E-state index in [1.807, 2.05) is 0 Å². The lowest BCUT2D eigenvalue weighted by Crippen LogP contribution is -2.35. The predicted octanol–water partition coefficient (Wildman–Crippen LogP) is 1.59. The highest BCUT2D eigenvalue weighted by Gasteiger charge is 2.62. The Balaban J connectivity index is 1.85. The Morgan fingerprint density at radius 1 is 1.17 bits per heavy atom. The molecule has 0 aromatic heterocycles. The van der Waals surface area contributed by atoms with Crippen LogP contribution in [0, 0.1) is 11.3 Å². The number of rotatable bonds is 4. The van der Waals surface area contributed by atoms with E-state index >= 15 is 0 Å². The second-order valence-electron chi connectivity index (χ2n) is 4.38. The summed E-state index contributed by atoms with van der Waals surface area (Å²) < 4.78 is 11.0. The van der Waals surface area contributed by atoms with Gasteiger partial charge in [0.25, 0.3) is 0 Å². The molecule has 3 rings (SSSR count). The first-order valence-electron chi connectivity index (χ1n) is 5.11. The molecule has 3 fully saturated rings. The van der Waals surface area contributed by atoms with Gasteiger partial charge in [-0.05, 0) is 25.2 Å². The van der Waals surface area contributed by atoms with Gasteiger partial charge in [0.2, 0.25) is 0 Å². The van der Waals surface area contributed by atoms with Crippen LogP contribution in [0.1, 0.15) is 26.2 Å². The van der Waals surface area contributed by atoms with E-state index in [9.17, 15) is 0 Å². The van der Waals surface area contributed by atoms with Crippen molar-refractivity contribution in [2.75, 3.05) is 13.2 Å². The van der Waals surface area contributed by atoms with Gasteiger partial charge in [-0.25, -0.2) is 0 Å². The molecule has 2 heterocycles. The molecular formula is C10H16O2. The molecular weight excluding hydrogens is 152 g/mol. The fourth-order valence-electron chi connectivity index (χ4n) is 2.81. The summed E-state index contributed by atoms with van der Waals surface area (Å²) in [5, 5.41) is 0. The van der Waals surface area contributed by atoms with E-state index in [4.69, 9.17) is 9.47 Å². The average molecular weight is 168 g/mol. The summed E-state index contributed by atoms with van der Waals surface area (Å²) in [6.45, 7) is 4.27. The highest BCUT2D eigenvalue weighted by Crippen LogP contribution is 2.58. The van der Waals surface area contributed by atoms with Crippen molar-refractivity contribution in [1.82, 2.24) is 0 Å². The monoisotopic (exact) mass is 168 g/mol. The van der Waals surface area contributed by atoms with Gasteiger partial charge >= 0.3 is 0 Å². The summed E-state index contributed by atoms with van der Waals surface area (Å²) in [7, 11) is 0. The maximum absolute atomic E-state index is 5.49. The van der Waals surface area contributed by atoms with Crippen molar-refractivity contribution < 1.29 is 9.47 Å². The Morgan fingerprint density at radius 3 is 1.92 bits per heavy atom. The largest absolute Gasteiger partial charge is 0.372 e. The molecule has 0 aromatic carbocycles. The van der Waals surface area contributed by atoms with Crippen LogP contribution in [0.3, 0.4) is 0 Å². The second-order valence-corrected chi connectivity index (χ2v) is 4.38. The van der Waals surface area contributed by atoms with E-state index < -0.39 is 0 Å². The lowest BCUT2D eigenvalue weighted by molar-refractivity contribution is 0.107. The van der Waals surface area contributed by atoms with Crippen molar-refractivity contribution >= 4 is 0 Å². The molecule has 0 bridgehead atoms. The molecule has 3 aliphatic rings. The minimum absolute atomic E-state index is 0.431. The normalized spacial score (nSPS) is 43.8. The quantitative estimate of drug-likeness (QED) is 0.595. The van der Waals surface area contributed by atoms with Gasteiger partial charge in [-0.3, -0.25) is 0 Å². The van der Waals surface area contributed by atoms with Crippen LogP contribution in [0.15, 0.2) is 0 Å². The highest BCUT2D eigenvalue weighted by molar-refractivity contribution is 5.09. The van der Waals surface area contributed by atoms with Crippen molar-refractivity contribution in [2.45, 2.75) is 38.4 Å². The molecule has 0 aromatic rings. The molecule has 12 heavy (non-hydrogen) atoms. The summed E-state index contributed by atoms with van der Waals surface area (Å²) in [4.78, 5) is 0. The average Bonchev–Trinajstić information content (AvgIpc) is 2.94. The first-order chi connectivity index (χ1) is 5.88. The number of hydrogen-bond donors (Lipinski definition) is 0. The van der Waals surface area contributed by atoms with Gasteiger partial charge in [0.1, 0.15) is 0 Å². The zero-order valence-electron chi connectivity index (χ0n) is 7.58. The Hall–Kier alpha value is -0.0800. The van der Waals surface area contributed by atoms with Gasteiger partial charge in [-0.15, -0.1) is 0 Å². The van der Waals surface area contributed by atoms with E-state index in [2.05, 4.69) is 6.92 Å². The molecule has 68 valence electrons. The topological polar surface area (TPSA) is 25.1 Å². The molecule has 0 amide bonds. The Kier molecular flexibility index (Phi) is 1.37. The first-order valence-corrected chi connectivity index (χ1v) is 5.11. The molecule has 0 spiro atoms. The summed E-state index contributed by atoms with van der Waals surface area (Å²) in [5.41, 5.74) is 0.431. The van der Waals surface area contributed by atoms with Crippen LogP contribution in [0.2, 0.25) is 0 Å². The molecule has 2 nitrogen and oxygen atoms in total. The second kappa shape index (κ2) is 2.24. The van der Waals surface area contributed by atoms with Crippen molar-refractivity contribution in [3.05, 3.63) is 0 Å². The third-order valence-corrected chi connectivity index (χ3v) is 3.82. The maximum Gasteiger partial charge on any atom is 0.0894 e. The lowest BCUT2D eigenvalue weighted by Gasteiger charge is -2.29. The van der Waals surface area contributed by atoms with Crippen LogP contribution in [-0.2, 0) is 9.47 Å². The molecule has 0 N–H and O–H groups in total. The molecule has 2 heteroatoms. The minimum atomic E-state index is 0.431. The predicted molar refractivity (Wildman–Crippen MR) is 44.9 cm³/mol. The third-order valence-electron chi connectivity index (χ3n) is 3.82. The molecule has 2 aliphatic heterocycles. The molecule has 2 atom stereocenters. The van der Waals surface area contributed by atoms with Crippen LogP contribution in [0.25, 0.3) is 0 Å². The summed E-state index contributed by atoms with van der Waals surface area (Å²) >= 11 is 0. The standard InChI is InChI=1S/C10H16O2/c1-2-10(7-3-4-7,8-5-11-8)9-6-12-9/h7-9H,2-6H2,1H3. The zero-order chi connectivity index (χ0) is 8.18. The third kappa shape index (κ3) is 0.882. The fraction of sp³-hybridized carbons (Fsp3) is 1.00. The summed E-state index contributed by atoms with van der Waals surface area (Å²) in [6, 6.07) is 0. The van der Waals surface area contributed by atoms with E-state index in [1.165, 1.54) is 19.3 Å². The Morgan fingerprint density at radius 2 is 1.67 bits per heavy atom. The molecule has 2 saturated heterocycles. The Bertz CT molecular complexity index is 159. The van der Waals surface area contributed by atoms with Crippen molar-refractivity contribution in [3.63, 3.8) is 0 Å². The van der Waals surface area contributed by atoms with E-state index in [0.29, 0.717) is 17.6 Å². The van der Waals surface area contributed by atoms with Crippen LogP contribution in [0.5, 0.6) is 0 Å². The number of ether oxygens (including phenoxy) is 2. The molecule has 2 unspecified atom stereocenters. The van der Waals surface area contributed by atoms with Gasteiger partial charge in [0.05, 0.1) is 25.4 Å². The minimum Gasteiger partial charge on any atom is -0.372 e. The Labute approximate surface area is 73.2 Å². The van der Waals surface area contributed by atoms with Gasteiger partial charge < -0.3 is 9.47 Å². The highest BCUT2D eigenvalue weighted by atomic mass is 16.6. The van der Waals surface area contributed by atoms with Crippen LogP contribution >= 0.6 is 0 Å². The maximum atomic E-state index is 5.49. The van der Waals surface area contributed by atoms with Gasteiger partial charge in [-0.2, -0.15) is 0 Å². The van der Waals surface area contributed by atoms with E-state index in [-0.39, 0.29) is 0 Å². The SMILES string of the molecule is CCC(C1CC1)(C1CO1)C1CO1. The zero-order valence-corrected chi connectivity index (χ0v) is 7.58. The van der Waals surface area contributed by atoms with Crippen LogP contribution in [-0.4, -0.2) is 25.4 Å². The van der Waals surface area contributed by atoms with Crippen LogP contribution in [0.4, 0.5) is 0 Å². The first kappa shape index (κ1) is 7.34. The van der Waals surface area contributed by atoms with Gasteiger partial charge in [0.15, 0.2) is 0 Å². The molecule has 1 aliphatic carbocycles. The van der Waals surface area contributed by atoms with E-state index in [0.717, 1.165) is 19.1 Å². The summed E-state index contributed by atoms with van der Waals surface area (Å²) in [6.07, 6.45) is 5.15. The fourth-order valence-corrected chi connectivity index (χ4v) is 2.81.